The average molecular weight is 424 g/mol. The standard InChI is InChI=1S/C20H18ClNO3S.ClH/c1-22-11-9-15-17(21)7-8-19-20(15)16(13-22)18(25-19)10-12-26(23,24)14-5-3-2-4-6-14;/h2-8,10,12H,9,11,13H2,1H3;1H/b12-10+;. The van der Waals surface area contributed by atoms with Gasteiger partial charge >= 0.3 is 0 Å². The lowest BCUT2D eigenvalue weighted by molar-refractivity contribution is 0.334. The van der Waals surface area contributed by atoms with Crippen molar-refractivity contribution >= 4 is 50.9 Å². The van der Waals surface area contributed by atoms with Gasteiger partial charge in [0, 0.05) is 34.5 Å². The summed E-state index contributed by atoms with van der Waals surface area (Å²) in [5, 5.41) is 2.95. The first-order valence-corrected chi connectivity index (χ1v) is 10.3. The van der Waals surface area contributed by atoms with E-state index in [1.807, 2.05) is 19.2 Å². The van der Waals surface area contributed by atoms with Gasteiger partial charge in [-0.15, -0.1) is 12.4 Å². The van der Waals surface area contributed by atoms with Gasteiger partial charge in [-0.3, -0.25) is 0 Å². The maximum atomic E-state index is 12.5. The summed E-state index contributed by atoms with van der Waals surface area (Å²) in [6, 6.07) is 12.1. The molecule has 4 nitrogen and oxygen atoms in total. The molecule has 0 bridgehead atoms. The van der Waals surface area contributed by atoms with Crippen LogP contribution in [0.3, 0.4) is 0 Å². The molecule has 0 saturated carbocycles. The second-order valence-electron chi connectivity index (χ2n) is 6.49. The summed E-state index contributed by atoms with van der Waals surface area (Å²) in [4.78, 5) is 2.45. The zero-order valence-corrected chi connectivity index (χ0v) is 17.1. The van der Waals surface area contributed by atoms with Crippen LogP contribution in [0, 0.1) is 0 Å². The molecule has 27 heavy (non-hydrogen) atoms. The number of hydrogen-bond donors (Lipinski definition) is 0. The fraction of sp³-hybridized carbons (Fsp3) is 0.200. The van der Waals surface area contributed by atoms with Gasteiger partial charge in [-0.2, -0.15) is 0 Å². The molecular weight excluding hydrogens is 405 g/mol. The predicted octanol–water partition coefficient (Wildman–Crippen LogP) is 4.94. The number of furan rings is 1. The minimum absolute atomic E-state index is 0. The van der Waals surface area contributed by atoms with Gasteiger partial charge in [-0.05, 0) is 49.4 Å². The highest BCUT2D eigenvalue weighted by atomic mass is 35.5. The van der Waals surface area contributed by atoms with Crippen molar-refractivity contribution in [2.24, 2.45) is 0 Å². The molecular formula is C20H19Cl2NO3S. The Morgan fingerprint density at radius 2 is 1.85 bits per heavy atom. The zero-order valence-electron chi connectivity index (χ0n) is 14.7. The molecule has 1 aliphatic rings. The number of rotatable bonds is 3. The molecule has 0 saturated heterocycles. The maximum absolute atomic E-state index is 12.5. The van der Waals surface area contributed by atoms with E-state index in [2.05, 4.69) is 4.90 Å². The Morgan fingerprint density at radius 3 is 2.59 bits per heavy atom. The summed E-state index contributed by atoms with van der Waals surface area (Å²) in [5.41, 5.74) is 2.79. The van der Waals surface area contributed by atoms with E-state index < -0.39 is 9.84 Å². The van der Waals surface area contributed by atoms with Crippen LogP contribution < -0.4 is 0 Å². The van der Waals surface area contributed by atoms with Crippen LogP contribution in [0.25, 0.3) is 17.0 Å². The third-order valence-electron chi connectivity index (χ3n) is 4.68. The van der Waals surface area contributed by atoms with Crippen molar-refractivity contribution in [1.29, 1.82) is 0 Å². The topological polar surface area (TPSA) is 50.5 Å². The fourth-order valence-corrected chi connectivity index (χ4v) is 4.60. The van der Waals surface area contributed by atoms with Gasteiger partial charge in [0.05, 0.1) is 4.90 Å². The molecule has 0 atom stereocenters. The third-order valence-corrected chi connectivity index (χ3v) is 6.46. The SMILES string of the molecule is CN1CCc2c(Cl)ccc3oc(/C=C/S(=O)(=O)c4ccccc4)c(c23)C1.Cl. The van der Waals surface area contributed by atoms with E-state index >= 15 is 0 Å². The molecule has 0 unspecified atom stereocenters. The Balaban J connectivity index is 0.00000210. The van der Waals surface area contributed by atoms with E-state index in [4.69, 9.17) is 16.0 Å². The zero-order chi connectivity index (χ0) is 18.3. The van der Waals surface area contributed by atoms with Crippen LogP contribution in [-0.4, -0.2) is 26.9 Å². The Kier molecular flexibility index (Phi) is 5.68. The van der Waals surface area contributed by atoms with Crippen molar-refractivity contribution in [3.05, 3.63) is 69.8 Å². The molecule has 2 heterocycles. The second kappa shape index (κ2) is 7.68. The van der Waals surface area contributed by atoms with Gasteiger partial charge in [0.1, 0.15) is 11.3 Å². The van der Waals surface area contributed by atoms with E-state index in [0.29, 0.717) is 12.3 Å². The molecule has 142 valence electrons. The average Bonchev–Trinajstić information content (AvgIpc) is 2.87. The van der Waals surface area contributed by atoms with Gasteiger partial charge < -0.3 is 9.32 Å². The Labute approximate surface area is 169 Å². The Hall–Kier alpha value is -1.79. The largest absolute Gasteiger partial charge is 0.456 e. The highest BCUT2D eigenvalue weighted by molar-refractivity contribution is 7.94. The summed E-state index contributed by atoms with van der Waals surface area (Å²) in [5.74, 6) is 0.566. The summed E-state index contributed by atoms with van der Waals surface area (Å²) < 4.78 is 31.0. The second-order valence-corrected chi connectivity index (χ2v) is 8.73. The molecule has 7 heteroatoms. The van der Waals surface area contributed by atoms with Gasteiger partial charge in [0.15, 0.2) is 9.84 Å². The number of halogens is 2. The minimum atomic E-state index is -3.52. The molecule has 0 radical (unpaired) electrons. The van der Waals surface area contributed by atoms with Gasteiger partial charge in [-0.25, -0.2) is 8.42 Å². The highest BCUT2D eigenvalue weighted by Crippen LogP contribution is 2.36. The monoisotopic (exact) mass is 423 g/mol. The minimum Gasteiger partial charge on any atom is -0.456 e. The van der Waals surface area contributed by atoms with Crippen LogP contribution in [-0.2, 0) is 22.8 Å². The summed E-state index contributed by atoms with van der Waals surface area (Å²) in [6.45, 7) is 1.57. The Morgan fingerprint density at radius 1 is 1.11 bits per heavy atom. The van der Waals surface area contributed by atoms with Crippen molar-refractivity contribution in [2.75, 3.05) is 13.6 Å². The smallest absolute Gasteiger partial charge is 0.199 e. The van der Waals surface area contributed by atoms with Crippen molar-refractivity contribution in [3.63, 3.8) is 0 Å². The molecule has 0 N–H and O–H groups in total. The van der Waals surface area contributed by atoms with Crippen LogP contribution in [0.2, 0.25) is 5.02 Å². The van der Waals surface area contributed by atoms with E-state index in [1.54, 1.807) is 36.4 Å². The molecule has 0 fully saturated rings. The molecule has 0 amide bonds. The third kappa shape index (κ3) is 3.78. The first kappa shape index (κ1) is 20.0. The lowest BCUT2D eigenvalue weighted by atomic mass is 10.0. The Bertz CT molecular complexity index is 1110. The number of benzene rings is 2. The number of likely N-dealkylation sites (N-methyl/N-ethyl adjacent to an activating group) is 1. The van der Waals surface area contributed by atoms with Crippen molar-refractivity contribution in [1.82, 2.24) is 4.90 Å². The van der Waals surface area contributed by atoms with E-state index in [9.17, 15) is 8.42 Å². The molecule has 0 spiro atoms. The fourth-order valence-electron chi connectivity index (χ4n) is 3.35. The van der Waals surface area contributed by atoms with Crippen LogP contribution in [0.15, 0.2) is 57.2 Å². The van der Waals surface area contributed by atoms with E-state index in [0.717, 1.165) is 40.1 Å². The van der Waals surface area contributed by atoms with E-state index in [-0.39, 0.29) is 17.3 Å². The first-order valence-electron chi connectivity index (χ1n) is 8.35. The van der Waals surface area contributed by atoms with Crippen molar-refractivity contribution in [3.8, 4) is 0 Å². The van der Waals surface area contributed by atoms with Crippen molar-refractivity contribution in [2.45, 2.75) is 17.9 Å². The lowest BCUT2D eigenvalue weighted by Crippen LogP contribution is -2.18. The van der Waals surface area contributed by atoms with Crippen LogP contribution in [0.4, 0.5) is 0 Å². The molecule has 1 aliphatic heterocycles. The van der Waals surface area contributed by atoms with E-state index in [1.165, 1.54) is 5.41 Å². The molecule has 3 aromatic rings. The highest BCUT2D eigenvalue weighted by Gasteiger charge is 2.22. The number of nitrogens with zero attached hydrogens (tertiary/aromatic N) is 1. The summed E-state index contributed by atoms with van der Waals surface area (Å²) >= 11 is 6.39. The predicted molar refractivity (Wildman–Crippen MR) is 111 cm³/mol. The lowest BCUT2D eigenvalue weighted by Gasteiger charge is -2.12. The van der Waals surface area contributed by atoms with Crippen LogP contribution >= 0.6 is 24.0 Å². The van der Waals surface area contributed by atoms with Gasteiger partial charge in [-0.1, -0.05) is 29.8 Å². The number of sulfone groups is 1. The summed E-state index contributed by atoms with van der Waals surface area (Å²) in [7, 11) is -1.49. The number of hydrogen-bond acceptors (Lipinski definition) is 4. The molecule has 2 aromatic carbocycles. The maximum Gasteiger partial charge on any atom is 0.199 e. The van der Waals surface area contributed by atoms with Crippen molar-refractivity contribution < 1.29 is 12.8 Å². The van der Waals surface area contributed by atoms with Gasteiger partial charge in [0.2, 0.25) is 0 Å². The first-order chi connectivity index (χ1) is 12.5. The van der Waals surface area contributed by atoms with Crippen LogP contribution in [0.5, 0.6) is 0 Å². The molecule has 1 aromatic heterocycles. The quantitative estimate of drug-likeness (QED) is 0.598. The van der Waals surface area contributed by atoms with Gasteiger partial charge in [0.25, 0.3) is 0 Å². The molecule has 0 aliphatic carbocycles. The normalized spacial score (nSPS) is 15.0. The summed E-state index contributed by atoms with van der Waals surface area (Å²) in [6.07, 6.45) is 2.39. The van der Waals surface area contributed by atoms with Crippen LogP contribution in [0.1, 0.15) is 16.9 Å². The molecule has 4 rings (SSSR count).